The molecule has 1 aliphatic carbocycles. The quantitative estimate of drug-likeness (QED) is 0.256. The molecule has 42 heavy (non-hydrogen) atoms. The molecule has 2 fully saturated rings. The molecule has 0 atom stereocenters. The fourth-order valence-corrected chi connectivity index (χ4v) is 5.92. The van der Waals surface area contributed by atoms with E-state index < -0.39 is 0 Å². The number of hydrogen-bond donors (Lipinski definition) is 3. The summed E-state index contributed by atoms with van der Waals surface area (Å²) < 4.78 is 2.01. The number of carbonyl (C=O) groups excluding carboxylic acids is 1. The summed E-state index contributed by atoms with van der Waals surface area (Å²) >= 11 is 0. The summed E-state index contributed by atoms with van der Waals surface area (Å²) in [6, 6.07) is 16.7. The lowest BCUT2D eigenvalue weighted by Gasteiger charge is -2.27. The Morgan fingerprint density at radius 3 is 2.26 bits per heavy atom. The van der Waals surface area contributed by atoms with Crippen LogP contribution in [-0.2, 0) is 5.41 Å². The van der Waals surface area contributed by atoms with Gasteiger partial charge < -0.3 is 21.3 Å². The van der Waals surface area contributed by atoms with E-state index in [9.17, 15) is 4.79 Å². The van der Waals surface area contributed by atoms with Crippen LogP contribution < -0.4 is 16.4 Å². The van der Waals surface area contributed by atoms with Crippen molar-refractivity contribution in [3.05, 3.63) is 66.0 Å². The Morgan fingerprint density at radius 2 is 1.60 bits per heavy atom. The second kappa shape index (κ2) is 11.7. The predicted molar refractivity (Wildman–Crippen MR) is 169 cm³/mol. The first-order valence-electron chi connectivity index (χ1n) is 15.3. The summed E-state index contributed by atoms with van der Waals surface area (Å²) in [4.78, 5) is 29.5. The highest BCUT2D eigenvalue weighted by Gasteiger charge is 2.22. The first kappa shape index (κ1) is 28.2. The van der Waals surface area contributed by atoms with Crippen molar-refractivity contribution in [2.24, 2.45) is 5.73 Å². The summed E-state index contributed by atoms with van der Waals surface area (Å²) in [7, 11) is 0. The number of anilines is 3. The Hall–Kier alpha value is -3.98. The molecule has 4 N–H and O–H groups in total. The zero-order valence-electron chi connectivity index (χ0n) is 24.9. The van der Waals surface area contributed by atoms with E-state index in [0.717, 1.165) is 68.6 Å². The number of imidazole rings is 1. The lowest BCUT2D eigenvalue weighted by atomic mass is 9.87. The molecule has 0 unspecified atom stereocenters. The minimum absolute atomic E-state index is 0.0718. The largest absolute Gasteiger partial charge is 0.351 e. The minimum Gasteiger partial charge on any atom is -0.351 e. The van der Waals surface area contributed by atoms with E-state index in [1.165, 1.54) is 12.0 Å². The van der Waals surface area contributed by atoms with Crippen LogP contribution in [0.15, 0.2) is 54.9 Å². The number of piperidine rings is 1. The molecular formula is C33H42N8O. The van der Waals surface area contributed by atoms with Crippen LogP contribution in [0.3, 0.4) is 0 Å². The summed E-state index contributed by atoms with van der Waals surface area (Å²) in [5.74, 6) is 1.28. The van der Waals surface area contributed by atoms with Gasteiger partial charge in [0.05, 0.1) is 0 Å². The second-order valence-corrected chi connectivity index (χ2v) is 12.8. The van der Waals surface area contributed by atoms with E-state index in [0.29, 0.717) is 22.8 Å². The molecule has 0 radical (unpaired) electrons. The molecule has 1 saturated carbocycles. The van der Waals surface area contributed by atoms with Crippen molar-refractivity contribution in [3.63, 3.8) is 0 Å². The third-order valence-corrected chi connectivity index (χ3v) is 8.55. The van der Waals surface area contributed by atoms with Crippen LogP contribution in [0.5, 0.6) is 0 Å². The number of benzene rings is 2. The van der Waals surface area contributed by atoms with Gasteiger partial charge in [-0.25, -0.2) is 4.98 Å². The smallest absolute Gasteiger partial charge is 0.253 e. The lowest BCUT2D eigenvalue weighted by molar-refractivity contribution is 0.0724. The molecule has 4 aromatic rings. The van der Waals surface area contributed by atoms with E-state index >= 15 is 0 Å². The topological polar surface area (TPSA) is 114 Å². The number of likely N-dealkylation sites (tertiary alicyclic amines) is 1. The van der Waals surface area contributed by atoms with Crippen molar-refractivity contribution in [2.45, 2.75) is 83.2 Å². The number of hydrogen-bond acceptors (Lipinski definition) is 7. The van der Waals surface area contributed by atoms with E-state index in [-0.39, 0.29) is 23.4 Å². The summed E-state index contributed by atoms with van der Waals surface area (Å²) in [5, 5.41) is 7.03. The molecule has 0 bridgehead atoms. The van der Waals surface area contributed by atoms with Gasteiger partial charge in [-0.15, -0.1) is 0 Å². The number of rotatable bonds is 6. The van der Waals surface area contributed by atoms with Crippen LogP contribution in [0, 0.1) is 0 Å². The maximum absolute atomic E-state index is 13.0. The van der Waals surface area contributed by atoms with Crippen LogP contribution >= 0.6 is 0 Å². The fourth-order valence-electron chi connectivity index (χ4n) is 5.92. The van der Waals surface area contributed by atoms with Crippen molar-refractivity contribution in [3.8, 4) is 5.69 Å². The lowest BCUT2D eigenvalue weighted by Crippen LogP contribution is -2.35. The molecule has 2 aromatic carbocycles. The average Bonchev–Trinajstić information content (AvgIpc) is 3.43. The Labute approximate surface area is 247 Å². The number of nitrogens with one attached hydrogen (secondary N) is 2. The molecule has 1 saturated heterocycles. The fraction of sp³-hybridized carbons (Fsp3) is 0.455. The number of fused-ring (bicyclic) bond motifs is 1. The van der Waals surface area contributed by atoms with Crippen molar-refractivity contribution in [2.75, 3.05) is 23.7 Å². The van der Waals surface area contributed by atoms with Gasteiger partial charge in [0.1, 0.15) is 6.33 Å². The van der Waals surface area contributed by atoms with Crippen molar-refractivity contribution >= 4 is 34.5 Å². The summed E-state index contributed by atoms with van der Waals surface area (Å²) in [6.45, 7) is 8.31. The molecular weight excluding hydrogens is 524 g/mol. The third kappa shape index (κ3) is 6.11. The molecule has 1 aliphatic heterocycles. The van der Waals surface area contributed by atoms with Gasteiger partial charge in [-0.05, 0) is 92.3 Å². The maximum Gasteiger partial charge on any atom is 0.253 e. The molecule has 9 nitrogen and oxygen atoms in total. The molecule has 9 heteroatoms. The van der Waals surface area contributed by atoms with E-state index in [1.54, 1.807) is 6.33 Å². The molecule has 1 amide bonds. The van der Waals surface area contributed by atoms with Gasteiger partial charge in [0.25, 0.3) is 5.91 Å². The van der Waals surface area contributed by atoms with Crippen LogP contribution in [0.4, 0.5) is 17.5 Å². The van der Waals surface area contributed by atoms with Gasteiger partial charge in [0, 0.05) is 42.1 Å². The van der Waals surface area contributed by atoms with Crippen LogP contribution in [0.25, 0.3) is 16.9 Å². The van der Waals surface area contributed by atoms with Gasteiger partial charge in [0.2, 0.25) is 5.95 Å². The van der Waals surface area contributed by atoms with Crippen LogP contribution in [-0.4, -0.2) is 55.5 Å². The van der Waals surface area contributed by atoms with Gasteiger partial charge in [-0.1, -0.05) is 32.9 Å². The zero-order valence-corrected chi connectivity index (χ0v) is 24.9. The Morgan fingerprint density at radius 1 is 0.905 bits per heavy atom. The number of nitrogens with zero attached hydrogens (tertiary/aromatic N) is 5. The van der Waals surface area contributed by atoms with Crippen molar-refractivity contribution in [1.82, 2.24) is 24.4 Å². The molecule has 6 rings (SSSR count). The maximum atomic E-state index is 13.0. The molecule has 3 heterocycles. The average molecular weight is 567 g/mol. The SMILES string of the molecule is CC(C)(C)c1ccc(-n2cnc3c(Nc4ccc(C(=O)N5CCCCC5)cc4)nc(NC4CCC(N)CC4)nc32)cc1. The molecule has 220 valence electrons. The first-order chi connectivity index (χ1) is 20.2. The van der Waals surface area contributed by atoms with E-state index in [2.05, 4.69) is 55.7 Å². The highest BCUT2D eigenvalue weighted by Crippen LogP contribution is 2.29. The highest BCUT2D eigenvalue weighted by atomic mass is 16.2. The predicted octanol–water partition coefficient (Wildman–Crippen LogP) is 6.16. The monoisotopic (exact) mass is 566 g/mol. The third-order valence-electron chi connectivity index (χ3n) is 8.55. The van der Waals surface area contributed by atoms with Gasteiger partial charge in [0.15, 0.2) is 17.0 Å². The Bertz CT molecular complexity index is 1520. The van der Waals surface area contributed by atoms with E-state index in [1.807, 2.05) is 33.7 Å². The van der Waals surface area contributed by atoms with Gasteiger partial charge in [-0.2, -0.15) is 9.97 Å². The van der Waals surface area contributed by atoms with Crippen LogP contribution in [0.1, 0.15) is 81.6 Å². The van der Waals surface area contributed by atoms with Gasteiger partial charge >= 0.3 is 0 Å². The van der Waals surface area contributed by atoms with E-state index in [4.69, 9.17) is 20.7 Å². The molecule has 2 aromatic heterocycles. The van der Waals surface area contributed by atoms with Crippen molar-refractivity contribution < 1.29 is 4.79 Å². The first-order valence-corrected chi connectivity index (χ1v) is 15.3. The van der Waals surface area contributed by atoms with Crippen LogP contribution in [0.2, 0.25) is 0 Å². The minimum atomic E-state index is 0.0718. The highest BCUT2D eigenvalue weighted by molar-refractivity contribution is 5.95. The zero-order chi connectivity index (χ0) is 29.3. The van der Waals surface area contributed by atoms with Gasteiger partial charge in [-0.3, -0.25) is 9.36 Å². The summed E-state index contributed by atoms with van der Waals surface area (Å²) in [5.41, 5.74) is 11.4. The summed E-state index contributed by atoms with van der Waals surface area (Å²) in [6.07, 6.45) is 9.12. The molecule has 2 aliphatic rings. The Balaban J connectivity index is 1.31. The normalized spacial score (nSPS) is 19.6. The second-order valence-electron chi connectivity index (χ2n) is 12.8. The Kier molecular flexibility index (Phi) is 7.86. The molecule has 0 spiro atoms. The number of amides is 1. The standard InChI is InChI=1S/C33H42N8O/c1-33(2,3)23-9-17-27(18-10-23)41-21-35-28-29(38-32(39-30(28)41)37-26-15-11-24(34)12-16-26)36-25-13-7-22(8-14-25)31(42)40-19-5-4-6-20-40/h7-10,13-14,17-18,21,24,26H,4-6,11-12,15-16,19-20,34H2,1-3H3,(H2,36,37,38,39). The number of aromatic nitrogens is 4. The number of nitrogens with two attached hydrogens (primary N) is 1. The number of carbonyl (C=O) groups is 1. The van der Waals surface area contributed by atoms with Crippen molar-refractivity contribution in [1.29, 1.82) is 0 Å².